The second-order valence-corrected chi connectivity index (χ2v) is 13.5. The molecule has 0 aliphatic heterocycles. The van der Waals surface area contributed by atoms with Gasteiger partial charge in [-0.3, -0.25) is 0 Å². The highest BCUT2D eigenvalue weighted by molar-refractivity contribution is 6.28. The molecular weight excluding hydrogens is 569 g/mol. The van der Waals surface area contributed by atoms with Gasteiger partial charge in [0, 0.05) is 38.6 Å². The Morgan fingerprint density at radius 3 is 1.66 bits per heavy atom. The molecule has 8 aromatic carbocycles. The van der Waals surface area contributed by atoms with Crippen LogP contribution in [0.25, 0.3) is 70.9 Å². The molecule has 0 spiro atoms. The van der Waals surface area contributed by atoms with Gasteiger partial charge in [0.2, 0.25) is 0 Å². The average molecular weight is 601 g/mol. The van der Waals surface area contributed by atoms with Crippen LogP contribution in [-0.4, -0.2) is 4.57 Å². The first kappa shape index (κ1) is 26.4. The number of nitrogens with zero attached hydrogens (tertiary/aromatic N) is 1. The summed E-state index contributed by atoms with van der Waals surface area (Å²) in [4.78, 5) is 0. The van der Waals surface area contributed by atoms with Crippen LogP contribution in [0.2, 0.25) is 0 Å². The summed E-state index contributed by atoms with van der Waals surface area (Å²) in [5.41, 5.74) is 11.1. The van der Waals surface area contributed by atoms with Crippen molar-refractivity contribution in [2.24, 2.45) is 0 Å². The van der Waals surface area contributed by atoms with Crippen molar-refractivity contribution >= 4 is 65.5 Å². The van der Waals surface area contributed by atoms with E-state index in [1.165, 1.54) is 82.1 Å². The highest BCUT2D eigenvalue weighted by Gasteiger charge is 2.36. The van der Waals surface area contributed by atoms with Crippen molar-refractivity contribution in [3.8, 4) is 16.8 Å². The summed E-state index contributed by atoms with van der Waals surface area (Å²) in [5, 5.41) is 14.0. The van der Waals surface area contributed by atoms with Gasteiger partial charge in [-0.25, -0.2) is 0 Å². The molecule has 0 bridgehead atoms. The third-order valence-electron chi connectivity index (χ3n) is 10.5. The van der Waals surface area contributed by atoms with Crippen LogP contribution in [0.15, 0.2) is 152 Å². The lowest BCUT2D eigenvalue weighted by Gasteiger charge is -2.23. The second kappa shape index (κ2) is 9.57. The molecule has 0 unspecified atom stereocenters. The Balaban J connectivity index is 1.15. The van der Waals surface area contributed by atoms with E-state index in [1.807, 2.05) is 0 Å². The molecule has 47 heavy (non-hydrogen) atoms. The van der Waals surface area contributed by atoms with Crippen molar-refractivity contribution in [3.05, 3.63) is 163 Å². The van der Waals surface area contributed by atoms with Gasteiger partial charge in [0.05, 0.1) is 11.0 Å². The molecule has 1 aliphatic rings. The largest absolute Gasteiger partial charge is 0.355 e. The SMILES string of the molecule is CC1(C)c2cc(Nc3cccc4ccccc34)ccc2-c2ccc(-n3c4ccc5ccccc5c4c4c5ccccc5ccc43)cc21. The van der Waals surface area contributed by atoms with Crippen LogP contribution in [0.5, 0.6) is 0 Å². The van der Waals surface area contributed by atoms with E-state index in [0.717, 1.165) is 11.4 Å². The Morgan fingerprint density at radius 1 is 0.468 bits per heavy atom. The number of aromatic nitrogens is 1. The van der Waals surface area contributed by atoms with E-state index in [2.05, 4.69) is 175 Å². The maximum atomic E-state index is 3.74. The molecule has 1 N–H and O–H groups in total. The zero-order chi connectivity index (χ0) is 31.3. The molecule has 10 rings (SSSR count). The molecule has 222 valence electrons. The van der Waals surface area contributed by atoms with Crippen molar-refractivity contribution in [2.45, 2.75) is 19.3 Å². The first-order valence-corrected chi connectivity index (χ1v) is 16.4. The highest BCUT2D eigenvalue weighted by atomic mass is 15.0. The van der Waals surface area contributed by atoms with E-state index < -0.39 is 0 Å². The van der Waals surface area contributed by atoms with Crippen LogP contribution in [0.4, 0.5) is 11.4 Å². The fourth-order valence-electron chi connectivity index (χ4n) is 8.26. The van der Waals surface area contributed by atoms with Crippen LogP contribution >= 0.6 is 0 Å². The zero-order valence-corrected chi connectivity index (χ0v) is 26.4. The maximum Gasteiger partial charge on any atom is 0.0547 e. The molecule has 1 aliphatic carbocycles. The Hall–Kier alpha value is -5.86. The summed E-state index contributed by atoms with van der Waals surface area (Å²) in [6, 6.07) is 55.7. The molecule has 0 amide bonds. The summed E-state index contributed by atoms with van der Waals surface area (Å²) < 4.78 is 2.48. The lowest BCUT2D eigenvalue weighted by molar-refractivity contribution is 0.660. The van der Waals surface area contributed by atoms with E-state index in [4.69, 9.17) is 0 Å². The quantitative estimate of drug-likeness (QED) is 0.213. The molecule has 0 saturated heterocycles. The minimum Gasteiger partial charge on any atom is -0.355 e. The summed E-state index contributed by atoms with van der Waals surface area (Å²) in [5.74, 6) is 0. The molecule has 2 nitrogen and oxygen atoms in total. The maximum absolute atomic E-state index is 3.74. The Bertz CT molecular complexity index is 2650. The first-order valence-electron chi connectivity index (χ1n) is 16.4. The van der Waals surface area contributed by atoms with Gasteiger partial charge >= 0.3 is 0 Å². The van der Waals surface area contributed by atoms with E-state index in [1.54, 1.807) is 0 Å². The molecule has 1 aromatic heterocycles. The van der Waals surface area contributed by atoms with Gasteiger partial charge in [-0.1, -0.05) is 123 Å². The Morgan fingerprint density at radius 2 is 1.00 bits per heavy atom. The fraction of sp³-hybridized carbons (Fsp3) is 0.0667. The summed E-state index contributed by atoms with van der Waals surface area (Å²) in [6.45, 7) is 4.74. The molecule has 1 heterocycles. The second-order valence-electron chi connectivity index (χ2n) is 13.5. The summed E-state index contributed by atoms with van der Waals surface area (Å²) >= 11 is 0. The summed E-state index contributed by atoms with van der Waals surface area (Å²) in [7, 11) is 0. The third-order valence-corrected chi connectivity index (χ3v) is 10.5. The lowest BCUT2D eigenvalue weighted by Crippen LogP contribution is -2.15. The number of benzene rings is 8. The van der Waals surface area contributed by atoms with Crippen molar-refractivity contribution in [1.82, 2.24) is 4.57 Å². The first-order chi connectivity index (χ1) is 23.1. The number of fused-ring (bicyclic) bond motifs is 11. The fourth-order valence-corrected chi connectivity index (χ4v) is 8.26. The van der Waals surface area contributed by atoms with Gasteiger partial charge in [0.25, 0.3) is 0 Å². The number of hydrogen-bond acceptors (Lipinski definition) is 1. The molecule has 9 aromatic rings. The van der Waals surface area contributed by atoms with Gasteiger partial charge in [0.1, 0.15) is 0 Å². The summed E-state index contributed by atoms with van der Waals surface area (Å²) in [6.07, 6.45) is 0. The molecule has 0 saturated carbocycles. The van der Waals surface area contributed by atoms with Crippen molar-refractivity contribution in [1.29, 1.82) is 0 Å². The van der Waals surface area contributed by atoms with Gasteiger partial charge in [0.15, 0.2) is 0 Å². The Labute approximate surface area is 273 Å². The standard InChI is InChI=1S/C45H32N2/c1-45(2)38-26-31(46-40-17-9-13-28-10-3-6-14-33(28)40)20-22-36(38)37-23-21-32(27-39(37)45)47-41-24-18-29-11-4-7-15-34(29)43(41)44-35-16-8-5-12-30(35)19-25-42(44)47/h3-27,46H,1-2H3. The number of hydrogen-bond donors (Lipinski definition) is 1. The monoisotopic (exact) mass is 600 g/mol. The van der Waals surface area contributed by atoms with Crippen molar-refractivity contribution in [3.63, 3.8) is 0 Å². The van der Waals surface area contributed by atoms with Crippen LogP contribution in [-0.2, 0) is 5.41 Å². The minimum absolute atomic E-state index is 0.157. The minimum atomic E-state index is -0.157. The van der Waals surface area contributed by atoms with Gasteiger partial charge < -0.3 is 9.88 Å². The topological polar surface area (TPSA) is 17.0 Å². The Kier molecular flexibility index (Phi) is 5.37. The molecule has 0 fully saturated rings. The molecule has 0 radical (unpaired) electrons. The smallest absolute Gasteiger partial charge is 0.0547 e. The number of nitrogens with one attached hydrogen (secondary N) is 1. The van der Waals surface area contributed by atoms with E-state index in [0.29, 0.717) is 0 Å². The van der Waals surface area contributed by atoms with Crippen LogP contribution < -0.4 is 5.32 Å². The van der Waals surface area contributed by atoms with Gasteiger partial charge in [-0.05, 0) is 91.6 Å². The van der Waals surface area contributed by atoms with Crippen molar-refractivity contribution in [2.75, 3.05) is 5.32 Å². The normalized spacial score (nSPS) is 13.5. The van der Waals surface area contributed by atoms with Gasteiger partial charge in [-0.2, -0.15) is 0 Å². The van der Waals surface area contributed by atoms with Gasteiger partial charge in [-0.15, -0.1) is 0 Å². The molecular formula is C45H32N2. The van der Waals surface area contributed by atoms with E-state index in [9.17, 15) is 0 Å². The van der Waals surface area contributed by atoms with Crippen LogP contribution in [0.3, 0.4) is 0 Å². The van der Waals surface area contributed by atoms with E-state index >= 15 is 0 Å². The van der Waals surface area contributed by atoms with Crippen LogP contribution in [0, 0.1) is 0 Å². The average Bonchev–Trinajstić information content (AvgIpc) is 3.57. The van der Waals surface area contributed by atoms with E-state index in [-0.39, 0.29) is 5.41 Å². The lowest BCUT2D eigenvalue weighted by atomic mass is 9.82. The predicted molar refractivity (Wildman–Crippen MR) is 201 cm³/mol. The van der Waals surface area contributed by atoms with Crippen LogP contribution in [0.1, 0.15) is 25.0 Å². The molecule has 0 atom stereocenters. The third kappa shape index (κ3) is 3.73. The van der Waals surface area contributed by atoms with Crippen molar-refractivity contribution < 1.29 is 0 Å². The number of anilines is 2. The molecule has 2 heteroatoms. The number of rotatable bonds is 3. The zero-order valence-electron chi connectivity index (χ0n) is 26.4. The highest BCUT2D eigenvalue weighted by Crippen LogP contribution is 2.51. The predicted octanol–water partition coefficient (Wildman–Crippen LogP) is 12.3.